The lowest BCUT2D eigenvalue weighted by molar-refractivity contribution is 0.400. The summed E-state index contributed by atoms with van der Waals surface area (Å²) in [5.74, 6) is 0.581. The SMILES string of the molecule is COc1cccc(O)c1CN=C=O. The van der Waals surface area contributed by atoms with Crippen molar-refractivity contribution >= 4 is 6.08 Å². The van der Waals surface area contributed by atoms with Gasteiger partial charge in [-0.3, -0.25) is 0 Å². The summed E-state index contributed by atoms with van der Waals surface area (Å²) in [7, 11) is 1.49. The Labute approximate surface area is 75.5 Å². The summed E-state index contributed by atoms with van der Waals surface area (Å²) < 4.78 is 4.97. The van der Waals surface area contributed by atoms with Crippen LogP contribution in [0, 0.1) is 0 Å². The topological polar surface area (TPSA) is 58.9 Å². The molecule has 0 aromatic heterocycles. The molecule has 0 aliphatic rings. The summed E-state index contributed by atoms with van der Waals surface area (Å²) >= 11 is 0. The van der Waals surface area contributed by atoms with Crippen LogP contribution in [0.3, 0.4) is 0 Å². The van der Waals surface area contributed by atoms with E-state index < -0.39 is 0 Å². The molecular weight excluding hydrogens is 170 g/mol. The maximum absolute atomic E-state index is 9.87. The molecule has 0 amide bonds. The van der Waals surface area contributed by atoms with Gasteiger partial charge in [-0.05, 0) is 12.1 Å². The number of hydrogen-bond acceptors (Lipinski definition) is 4. The first-order chi connectivity index (χ1) is 6.29. The van der Waals surface area contributed by atoms with Crippen LogP contribution in [-0.2, 0) is 11.3 Å². The smallest absolute Gasteiger partial charge is 0.235 e. The molecule has 0 radical (unpaired) electrons. The molecule has 0 fully saturated rings. The fraction of sp³-hybridized carbons (Fsp3) is 0.222. The Kier molecular flexibility index (Phi) is 3.06. The number of benzene rings is 1. The van der Waals surface area contributed by atoms with Gasteiger partial charge in [0.15, 0.2) is 0 Å². The van der Waals surface area contributed by atoms with E-state index in [0.717, 1.165) is 0 Å². The van der Waals surface area contributed by atoms with Crippen molar-refractivity contribution in [3.05, 3.63) is 23.8 Å². The predicted octanol–water partition coefficient (Wildman–Crippen LogP) is 1.24. The lowest BCUT2D eigenvalue weighted by atomic mass is 10.2. The van der Waals surface area contributed by atoms with Gasteiger partial charge in [0.2, 0.25) is 6.08 Å². The Balaban J connectivity index is 3.06. The van der Waals surface area contributed by atoms with Crippen molar-refractivity contribution in [3.63, 3.8) is 0 Å². The van der Waals surface area contributed by atoms with Crippen LogP contribution in [0.2, 0.25) is 0 Å². The monoisotopic (exact) mass is 179 g/mol. The van der Waals surface area contributed by atoms with Crippen molar-refractivity contribution in [1.29, 1.82) is 0 Å². The van der Waals surface area contributed by atoms with Crippen LogP contribution in [0.1, 0.15) is 5.56 Å². The first-order valence-electron chi connectivity index (χ1n) is 3.68. The Morgan fingerprint density at radius 3 is 3.00 bits per heavy atom. The van der Waals surface area contributed by atoms with E-state index in [2.05, 4.69) is 4.99 Å². The second-order valence-corrected chi connectivity index (χ2v) is 2.37. The van der Waals surface area contributed by atoms with E-state index in [1.54, 1.807) is 12.1 Å². The third-order valence-electron chi connectivity index (χ3n) is 1.63. The maximum atomic E-state index is 9.87. The highest BCUT2D eigenvalue weighted by molar-refractivity contribution is 5.45. The summed E-state index contributed by atoms with van der Waals surface area (Å²) in [6, 6.07) is 4.86. The molecule has 4 heteroatoms. The largest absolute Gasteiger partial charge is 0.507 e. The van der Waals surface area contributed by atoms with Crippen molar-refractivity contribution in [2.45, 2.75) is 6.54 Å². The van der Waals surface area contributed by atoms with Crippen LogP contribution in [0.5, 0.6) is 11.5 Å². The first kappa shape index (κ1) is 9.29. The molecule has 0 unspecified atom stereocenters. The Morgan fingerprint density at radius 1 is 1.62 bits per heavy atom. The molecule has 0 aliphatic carbocycles. The third kappa shape index (κ3) is 2.07. The normalized spacial score (nSPS) is 9.00. The lowest BCUT2D eigenvalue weighted by Gasteiger charge is -2.06. The average molecular weight is 179 g/mol. The Morgan fingerprint density at radius 2 is 2.38 bits per heavy atom. The number of phenols is 1. The van der Waals surface area contributed by atoms with Gasteiger partial charge in [0.1, 0.15) is 11.5 Å². The van der Waals surface area contributed by atoms with Crippen molar-refractivity contribution in [2.24, 2.45) is 4.99 Å². The minimum atomic E-state index is 0.0679. The molecule has 1 aromatic carbocycles. The quantitative estimate of drug-likeness (QED) is 0.561. The lowest BCUT2D eigenvalue weighted by Crippen LogP contribution is -1.90. The third-order valence-corrected chi connectivity index (χ3v) is 1.63. The number of ether oxygens (including phenoxy) is 1. The van der Waals surface area contributed by atoms with Crippen LogP contribution in [0.15, 0.2) is 23.2 Å². The Hall–Kier alpha value is -1.80. The van der Waals surface area contributed by atoms with Crippen LogP contribution < -0.4 is 4.74 Å². The number of hydrogen-bond donors (Lipinski definition) is 1. The van der Waals surface area contributed by atoms with E-state index >= 15 is 0 Å². The van der Waals surface area contributed by atoms with E-state index in [0.29, 0.717) is 11.3 Å². The highest BCUT2D eigenvalue weighted by atomic mass is 16.5. The van der Waals surface area contributed by atoms with Crippen molar-refractivity contribution < 1.29 is 14.6 Å². The molecule has 0 heterocycles. The number of isocyanates is 1. The van der Waals surface area contributed by atoms with Gasteiger partial charge in [-0.25, -0.2) is 9.79 Å². The van der Waals surface area contributed by atoms with Gasteiger partial charge >= 0.3 is 0 Å². The zero-order valence-corrected chi connectivity index (χ0v) is 7.15. The number of methoxy groups -OCH3 is 1. The number of aromatic hydroxyl groups is 1. The molecule has 0 bridgehead atoms. The van der Waals surface area contributed by atoms with E-state index in [1.807, 2.05) is 0 Å². The summed E-state index contributed by atoms with van der Waals surface area (Å²) in [5, 5.41) is 9.38. The van der Waals surface area contributed by atoms with E-state index in [1.165, 1.54) is 19.3 Å². The van der Waals surface area contributed by atoms with Gasteiger partial charge in [-0.1, -0.05) is 6.07 Å². The van der Waals surface area contributed by atoms with E-state index in [9.17, 15) is 9.90 Å². The molecule has 0 atom stereocenters. The molecule has 1 aromatic rings. The summed E-state index contributed by atoms with van der Waals surface area (Å²) in [5.41, 5.74) is 0.494. The molecule has 1 rings (SSSR count). The molecule has 4 nitrogen and oxygen atoms in total. The summed E-state index contributed by atoms with van der Waals surface area (Å²) in [4.78, 5) is 13.2. The zero-order chi connectivity index (χ0) is 9.68. The zero-order valence-electron chi connectivity index (χ0n) is 7.15. The van der Waals surface area contributed by atoms with Gasteiger partial charge in [0.05, 0.1) is 19.2 Å². The van der Waals surface area contributed by atoms with E-state index in [4.69, 9.17) is 4.74 Å². The fourth-order valence-electron chi connectivity index (χ4n) is 1.02. The number of rotatable bonds is 3. The van der Waals surface area contributed by atoms with E-state index in [-0.39, 0.29) is 12.3 Å². The maximum Gasteiger partial charge on any atom is 0.235 e. The summed E-state index contributed by atoms with van der Waals surface area (Å²) in [6.07, 6.45) is 1.40. The first-order valence-corrected chi connectivity index (χ1v) is 3.68. The minimum absolute atomic E-state index is 0.0679. The number of carbonyl (C=O) groups excluding carboxylic acids is 1. The van der Waals surface area contributed by atoms with Gasteiger partial charge in [0, 0.05) is 0 Å². The molecule has 0 saturated carbocycles. The van der Waals surface area contributed by atoms with Crippen molar-refractivity contribution in [3.8, 4) is 11.5 Å². The van der Waals surface area contributed by atoms with Crippen molar-refractivity contribution in [2.75, 3.05) is 7.11 Å². The van der Waals surface area contributed by atoms with Crippen LogP contribution in [0.4, 0.5) is 0 Å². The second-order valence-electron chi connectivity index (χ2n) is 2.37. The molecule has 1 N–H and O–H groups in total. The molecule has 13 heavy (non-hydrogen) atoms. The molecule has 68 valence electrons. The van der Waals surface area contributed by atoms with Gasteiger partial charge in [-0.15, -0.1) is 0 Å². The van der Waals surface area contributed by atoms with Crippen LogP contribution >= 0.6 is 0 Å². The van der Waals surface area contributed by atoms with Crippen LogP contribution in [-0.4, -0.2) is 18.3 Å². The summed E-state index contributed by atoms with van der Waals surface area (Å²) in [6.45, 7) is 0.0827. The number of aliphatic imine (C=N–C) groups is 1. The molecule has 0 spiro atoms. The minimum Gasteiger partial charge on any atom is -0.507 e. The molecule has 0 saturated heterocycles. The van der Waals surface area contributed by atoms with Gasteiger partial charge < -0.3 is 9.84 Å². The average Bonchev–Trinajstić information content (AvgIpc) is 2.15. The molecule has 0 aliphatic heterocycles. The van der Waals surface area contributed by atoms with Crippen LogP contribution in [0.25, 0.3) is 0 Å². The van der Waals surface area contributed by atoms with Crippen molar-refractivity contribution in [1.82, 2.24) is 0 Å². The predicted molar refractivity (Wildman–Crippen MR) is 46.5 cm³/mol. The fourth-order valence-corrected chi connectivity index (χ4v) is 1.02. The number of phenolic OH excluding ortho intramolecular Hbond substituents is 1. The number of nitrogens with zero attached hydrogens (tertiary/aromatic N) is 1. The van der Waals surface area contributed by atoms with Gasteiger partial charge in [-0.2, -0.15) is 0 Å². The second kappa shape index (κ2) is 4.28. The highest BCUT2D eigenvalue weighted by Crippen LogP contribution is 2.27. The highest BCUT2D eigenvalue weighted by Gasteiger charge is 2.06. The standard InChI is InChI=1S/C9H9NO3/c1-13-9-4-2-3-8(12)7(9)5-10-6-11/h2-4,12H,5H2,1H3. The van der Waals surface area contributed by atoms with Gasteiger partial charge in [0.25, 0.3) is 0 Å². The Bertz CT molecular complexity index is 343. The molecular formula is C9H9NO3.